The fraction of sp³-hybridized carbons (Fsp3) is 0.482. The Hall–Kier alpha value is -7.21. The Morgan fingerprint density at radius 3 is 2.51 bits per heavy atom. The molecular weight excluding hydrogens is 975 g/mol. The van der Waals surface area contributed by atoms with Crippen molar-refractivity contribution in [3.8, 4) is 29.6 Å². The summed E-state index contributed by atoms with van der Waals surface area (Å²) < 4.78 is 47.9. The van der Waals surface area contributed by atoms with E-state index in [4.69, 9.17) is 25.9 Å². The van der Waals surface area contributed by atoms with Gasteiger partial charge in [0.05, 0.1) is 27.5 Å². The number of hydrogen-bond donors (Lipinski definition) is 2. The molecule has 7 saturated heterocycles. The number of rotatable bonds is 11. The average molecular weight is 1040 g/mol. The van der Waals surface area contributed by atoms with Crippen molar-refractivity contribution in [1.29, 1.82) is 0 Å². The zero-order valence-electron chi connectivity index (χ0n) is 42.5. The van der Waals surface area contributed by atoms with Gasteiger partial charge in [0, 0.05) is 119 Å². The van der Waals surface area contributed by atoms with Gasteiger partial charge in [-0.05, 0) is 81.1 Å². The molecule has 2 bridgehead atoms. The molecule has 3 unspecified atom stereocenters. The van der Waals surface area contributed by atoms with E-state index in [0.717, 1.165) is 89.0 Å². The van der Waals surface area contributed by atoms with Gasteiger partial charge in [-0.1, -0.05) is 30.2 Å². The third kappa shape index (κ3) is 8.38. The Labute approximate surface area is 437 Å². The van der Waals surface area contributed by atoms with Gasteiger partial charge in [0.1, 0.15) is 42.1 Å². The third-order valence-corrected chi connectivity index (χ3v) is 17.5. The highest BCUT2D eigenvalue weighted by molar-refractivity contribution is 6.02. The fourth-order valence-corrected chi connectivity index (χ4v) is 13.6. The topological polar surface area (TPSA) is 176 Å². The first-order chi connectivity index (χ1) is 36.9. The molecule has 20 heteroatoms. The summed E-state index contributed by atoms with van der Waals surface area (Å²) in [5.41, 5.74) is 2.33. The average Bonchev–Trinajstić information content (AvgIpc) is 4.16. The number of pyridine rings is 1. The molecule has 7 aliphatic heterocycles. The van der Waals surface area contributed by atoms with Gasteiger partial charge < -0.3 is 29.5 Å². The fourth-order valence-electron chi connectivity index (χ4n) is 13.6. The van der Waals surface area contributed by atoms with Gasteiger partial charge in [0.2, 0.25) is 11.8 Å². The number of ether oxygens (including phenoxy) is 2. The lowest BCUT2D eigenvalue weighted by Gasteiger charge is -2.43. The lowest BCUT2D eigenvalue weighted by atomic mass is 9.95. The van der Waals surface area contributed by atoms with Gasteiger partial charge in [-0.2, -0.15) is 9.97 Å². The Balaban J connectivity index is 0.632. The van der Waals surface area contributed by atoms with Crippen LogP contribution in [0.4, 0.5) is 25.1 Å². The van der Waals surface area contributed by atoms with Crippen molar-refractivity contribution in [3.05, 3.63) is 82.4 Å². The molecule has 3 aromatic heterocycles. The number of piperidine rings is 1. The van der Waals surface area contributed by atoms with Crippen molar-refractivity contribution in [2.75, 3.05) is 88.5 Å². The largest absolute Gasteiger partial charge is 0.461 e. The van der Waals surface area contributed by atoms with Gasteiger partial charge in [0.25, 0.3) is 0 Å². The van der Waals surface area contributed by atoms with Crippen LogP contribution >= 0.6 is 0 Å². The monoisotopic (exact) mass is 1030 g/mol. The molecule has 2 N–H and O–H groups in total. The second kappa shape index (κ2) is 19.1. The maximum absolute atomic E-state index is 17.2. The predicted octanol–water partition coefficient (Wildman–Crippen LogP) is 4.94. The highest BCUT2D eigenvalue weighted by Crippen LogP contribution is 2.44. The van der Waals surface area contributed by atoms with Crippen LogP contribution < -0.4 is 30.9 Å². The summed E-state index contributed by atoms with van der Waals surface area (Å²) in [5.74, 6) is 1.40. The number of imidazole rings is 1. The molecule has 394 valence electrons. The minimum Gasteiger partial charge on any atom is -0.461 e. The minimum absolute atomic E-state index is 0.0138. The first-order valence-electron chi connectivity index (χ1n) is 26.8. The number of terminal acetylenes is 1. The lowest BCUT2D eigenvalue weighted by Crippen LogP contribution is -2.56. The van der Waals surface area contributed by atoms with Gasteiger partial charge in [-0.15, -0.1) is 6.42 Å². The number of carbonyl (C=O) groups excluding carboxylic acids is 3. The quantitative estimate of drug-likeness (QED) is 0.132. The number of nitrogens with zero attached hydrogens (tertiary/aromatic N) is 10. The third-order valence-electron chi connectivity index (χ3n) is 17.5. The normalized spacial score (nSPS) is 25.1. The van der Waals surface area contributed by atoms with Crippen molar-refractivity contribution >= 4 is 62.1 Å². The summed E-state index contributed by atoms with van der Waals surface area (Å²) in [6.07, 6.45) is 13.3. The number of aromatic nitrogens is 5. The van der Waals surface area contributed by atoms with Gasteiger partial charge in [0.15, 0.2) is 5.82 Å². The Morgan fingerprint density at radius 2 is 1.72 bits per heavy atom. The highest BCUT2D eigenvalue weighted by atomic mass is 19.1. The van der Waals surface area contributed by atoms with Crippen molar-refractivity contribution in [1.82, 2.24) is 49.4 Å². The summed E-state index contributed by atoms with van der Waals surface area (Å²) in [4.78, 5) is 76.7. The molecule has 0 saturated carbocycles. The van der Waals surface area contributed by atoms with Crippen LogP contribution in [0, 0.1) is 29.9 Å². The van der Waals surface area contributed by atoms with Crippen molar-refractivity contribution < 1.29 is 32.6 Å². The number of anilines is 2. The summed E-state index contributed by atoms with van der Waals surface area (Å²) >= 11 is 0. The van der Waals surface area contributed by atoms with Crippen molar-refractivity contribution in [3.63, 3.8) is 0 Å². The van der Waals surface area contributed by atoms with Gasteiger partial charge in [-0.25, -0.2) is 18.4 Å². The molecule has 3 amide bonds. The number of imide groups is 1. The number of piperazine rings is 2. The molecular formula is C56H60F2N12O6. The second-order valence-corrected chi connectivity index (χ2v) is 22.0. The number of carbonyl (C=O) groups is 3. The molecule has 0 radical (unpaired) electrons. The van der Waals surface area contributed by atoms with Crippen LogP contribution in [0.5, 0.6) is 6.01 Å². The van der Waals surface area contributed by atoms with E-state index in [9.17, 15) is 19.2 Å². The zero-order chi connectivity index (χ0) is 52.0. The van der Waals surface area contributed by atoms with E-state index in [1.165, 1.54) is 10.6 Å². The number of fused-ring (bicyclic) bond motifs is 6. The van der Waals surface area contributed by atoms with Crippen LogP contribution in [0.2, 0.25) is 0 Å². The summed E-state index contributed by atoms with van der Waals surface area (Å²) in [7, 11) is 1.71. The van der Waals surface area contributed by atoms with Crippen molar-refractivity contribution in [2.24, 2.45) is 13.0 Å². The molecule has 0 aliphatic carbocycles. The standard InChI is InChI=1S/C56H60F2N12O6/c1-3-39-42(57)12-8-34-6-4-7-40(47(34)39)49-48(58)50-41(25-59-49)51(67-29-35-9-10-36(30-67)60-35)63-53(62-50)76-32-56-17-5-19-69(56)38(16-18-56)31-75-55(74)68-27-33(28-68)26-65-20-22-66(23-21-65)37-11-13-43-45(24-37)64(2)54(73)70(43)44-14-15-46(71)61-52(44)72/h1,4,6-8,11-13,24-25,33,35-36,38,44,60H,5,9-10,14-23,26-32H2,2H3,(H,61,71,72)/t35?,36?,38-,44?,56-/m0/s1. The van der Waals surface area contributed by atoms with E-state index in [-0.39, 0.29) is 77.2 Å². The van der Waals surface area contributed by atoms with Crippen LogP contribution in [0.15, 0.2) is 59.5 Å². The summed E-state index contributed by atoms with van der Waals surface area (Å²) in [6.45, 7) is 8.36. The molecule has 76 heavy (non-hydrogen) atoms. The molecule has 13 rings (SSSR count). The van der Waals surface area contributed by atoms with Crippen molar-refractivity contribution in [2.45, 2.75) is 81.1 Å². The number of amides is 3. The van der Waals surface area contributed by atoms with E-state index >= 15 is 8.78 Å². The first kappa shape index (κ1) is 48.4. The van der Waals surface area contributed by atoms with Crippen LogP contribution in [0.25, 0.3) is 44.0 Å². The van der Waals surface area contributed by atoms with E-state index in [0.29, 0.717) is 78.2 Å². The lowest BCUT2D eigenvalue weighted by molar-refractivity contribution is -0.135. The number of hydrogen-bond acceptors (Lipinski definition) is 14. The molecule has 7 fully saturated rings. The number of aryl methyl sites for hydroxylation is 1. The maximum Gasteiger partial charge on any atom is 0.409 e. The van der Waals surface area contributed by atoms with E-state index < -0.39 is 23.6 Å². The van der Waals surface area contributed by atoms with Crippen LogP contribution in [-0.4, -0.2) is 159 Å². The molecule has 0 spiro atoms. The smallest absolute Gasteiger partial charge is 0.409 e. The van der Waals surface area contributed by atoms with Crippen LogP contribution in [-0.2, 0) is 21.4 Å². The maximum atomic E-state index is 17.2. The minimum atomic E-state index is -0.723. The number of likely N-dealkylation sites (tertiary alicyclic amines) is 1. The molecule has 3 aromatic carbocycles. The molecule has 5 atom stereocenters. The summed E-state index contributed by atoms with van der Waals surface area (Å²) in [5, 5.41) is 7.59. The Kier molecular flexibility index (Phi) is 12.2. The van der Waals surface area contributed by atoms with E-state index in [1.807, 2.05) is 24.3 Å². The summed E-state index contributed by atoms with van der Waals surface area (Å²) in [6, 6.07) is 14.1. The van der Waals surface area contributed by atoms with E-state index in [2.05, 4.69) is 41.1 Å². The van der Waals surface area contributed by atoms with Crippen LogP contribution in [0.1, 0.15) is 63.0 Å². The number of nitrogens with one attached hydrogen (secondary N) is 2. The van der Waals surface area contributed by atoms with Gasteiger partial charge >= 0.3 is 17.8 Å². The van der Waals surface area contributed by atoms with Crippen LogP contribution in [0.3, 0.4) is 0 Å². The highest BCUT2D eigenvalue weighted by Gasteiger charge is 2.50. The number of benzene rings is 3. The molecule has 18 nitrogen and oxygen atoms in total. The Morgan fingerprint density at radius 1 is 0.908 bits per heavy atom. The second-order valence-electron chi connectivity index (χ2n) is 22.0. The first-order valence-corrected chi connectivity index (χ1v) is 26.8. The molecule has 7 aliphatic rings. The predicted molar refractivity (Wildman–Crippen MR) is 281 cm³/mol. The Bertz CT molecular complexity index is 3440. The molecule has 10 heterocycles. The van der Waals surface area contributed by atoms with Gasteiger partial charge in [-0.3, -0.25) is 38.8 Å². The van der Waals surface area contributed by atoms with E-state index in [1.54, 1.807) is 40.9 Å². The number of halogens is 2. The zero-order valence-corrected chi connectivity index (χ0v) is 42.5. The SMILES string of the molecule is C#Cc1c(F)ccc2cccc(-c3ncc4c(N5CC6CCC(C5)N6)nc(OC[C@@]56CCCN5[C@H](COC(=O)N5CC(CN7CCN(c8ccc9c(c8)n(C)c(=O)n9C8CCC(=O)NC8=O)CC7)C5)CC6)nc4c3F)c12. The molecule has 6 aromatic rings.